The second kappa shape index (κ2) is 11.1. The van der Waals surface area contributed by atoms with Crippen LogP contribution in [0, 0.1) is 0 Å². The highest BCUT2D eigenvalue weighted by Gasteiger charge is 2.30. The average Bonchev–Trinajstić information content (AvgIpc) is 2.82. The van der Waals surface area contributed by atoms with Gasteiger partial charge < -0.3 is 15.0 Å². The third-order valence-electron chi connectivity index (χ3n) is 4.88. The third-order valence-corrected chi connectivity index (χ3v) is 5.95. The molecule has 1 N–H and O–H groups in total. The van der Waals surface area contributed by atoms with Gasteiger partial charge in [-0.1, -0.05) is 30.3 Å². The zero-order valence-corrected chi connectivity index (χ0v) is 19.4. The molecule has 0 fully saturated rings. The van der Waals surface area contributed by atoms with E-state index in [2.05, 4.69) is 5.32 Å². The van der Waals surface area contributed by atoms with E-state index in [-0.39, 0.29) is 24.1 Å². The van der Waals surface area contributed by atoms with Crippen LogP contribution in [0.4, 0.5) is 18.9 Å². The Morgan fingerprint density at radius 1 is 1.00 bits per heavy atom. The van der Waals surface area contributed by atoms with Crippen molar-refractivity contribution in [3.8, 4) is 5.75 Å². The smallest absolute Gasteiger partial charge is 0.416 e. The van der Waals surface area contributed by atoms with Crippen molar-refractivity contribution in [2.45, 2.75) is 17.6 Å². The summed E-state index contributed by atoms with van der Waals surface area (Å²) < 4.78 is 43.4. The summed E-state index contributed by atoms with van der Waals surface area (Å²) in [7, 11) is 3.12. The van der Waals surface area contributed by atoms with Crippen LogP contribution in [0.5, 0.6) is 5.75 Å². The van der Waals surface area contributed by atoms with Gasteiger partial charge in [-0.05, 0) is 42.0 Å². The third kappa shape index (κ3) is 6.77. The largest absolute Gasteiger partial charge is 0.497 e. The second-order valence-corrected chi connectivity index (χ2v) is 8.44. The second-order valence-electron chi connectivity index (χ2n) is 7.42. The number of hydrogen-bond donors (Lipinski definition) is 1. The van der Waals surface area contributed by atoms with Gasteiger partial charge in [0.2, 0.25) is 5.91 Å². The van der Waals surface area contributed by atoms with Crippen molar-refractivity contribution in [1.29, 1.82) is 0 Å². The van der Waals surface area contributed by atoms with Crippen molar-refractivity contribution in [2.24, 2.45) is 0 Å². The number of thioether (sulfide) groups is 1. The molecule has 3 aromatic rings. The SMILES string of the molecule is COc1cccc(NC(=O)CSc2ccccc2C(=O)N(C)Cc2ccc(C(F)(F)F)cc2)c1. The molecule has 0 aliphatic heterocycles. The van der Waals surface area contributed by atoms with Crippen molar-refractivity contribution in [2.75, 3.05) is 25.2 Å². The minimum atomic E-state index is -4.41. The van der Waals surface area contributed by atoms with E-state index in [1.54, 1.807) is 62.7 Å². The van der Waals surface area contributed by atoms with E-state index in [1.165, 1.54) is 28.8 Å². The number of anilines is 1. The Labute approximate surface area is 199 Å². The molecule has 178 valence electrons. The Balaban J connectivity index is 1.63. The van der Waals surface area contributed by atoms with Crippen LogP contribution in [-0.2, 0) is 17.5 Å². The molecular formula is C25H23F3N2O3S. The summed E-state index contributed by atoms with van der Waals surface area (Å²) in [5.41, 5.74) is 0.854. The van der Waals surface area contributed by atoms with E-state index in [0.717, 1.165) is 12.1 Å². The molecule has 0 heterocycles. The predicted octanol–water partition coefficient (Wildman–Crippen LogP) is 5.72. The summed E-state index contributed by atoms with van der Waals surface area (Å²) in [6, 6.07) is 18.6. The standard InChI is InChI=1S/C25H23F3N2O3S/c1-30(15-17-10-12-18(13-11-17)25(26,27)28)24(32)21-8-3-4-9-22(21)34-16-23(31)29-19-6-5-7-20(14-19)33-2/h3-14H,15-16H2,1-2H3,(H,29,31). The van der Waals surface area contributed by atoms with Gasteiger partial charge in [0.1, 0.15) is 5.75 Å². The van der Waals surface area contributed by atoms with Crippen LogP contribution in [-0.4, -0.2) is 36.6 Å². The minimum Gasteiger partial charge on any atom is -0.497 e. The molecule has 0 radical (unpaired) electrons. The first kappa shape index (κ1) is 25.2. The number of carbonyl (C=O) groups excluding carboxylic acids is 2. The highest BCUT2D eigenvalue weighted by molar-refractivity contribution is 8.00. The number of benzene rings is 3. The number of ether oxygens (including phenoxy) is 1. The Bertz CT molecular complexity index is 1150. The van der Waals surface area contributed by atoms with Crippen molar-refractivity contribution >= 4 is 29.3 Å². The number of hydrogen-bond acceptors (Lipinski definition) is 4. The summed E-state index contributed by atoms with van der Waals surface area (Å²) >= 11 is 1.23. The fourth-order valence-corrected chi connectivity index (χ4v) is 4.01. The number of nitrogens with one attached hydrogen (secondary N) is 1. The van der Waals surface area contributed by atoms with Gasteiger partial charge in [0.05, 0.1) is 24.0 Å². The van der Waals surface area contributed by atoms with Crippen LogP contribution >= 0.6 is 11.8 Å². The zero-order valence-electron chi connectivity index (χ0n) is 18.6. The van der Waals surface area contributed by atoms with Gasteiger partial charge in [-0.25, -0.2) is 0 Å². The van der Waals surface area contributed by atoms with Crippen LogP contribution in [0.15, 0.2) is 77.7 Å². The first-order chi connectivity index (χ1) is 16.2. The minimum absolute atomic E-state index is 0.0874. The lowest BCUT2D eigenvalue weighted by Crippen LogP contribution is -2.26. The van der Waals surface area contributed by atoms with Crippen LogP contribution in [0.3, 0.4) is 0 Å². The summed E-state index contributed by atoms with van der Waals surface area (Å²) in [6.07, 6.45) is -4.41. The van der Waals surface area contributed by atoms with Gasteiger partial charge in [0.15, 0.2) is 0 Å². The number of amides is 2. The molecule has 0 bridgehead atoms. The zero-order chi connectivity index (χ0) is 24.7. The number of carbonyl (C=O) groups is 2. The first-order valence-corrected chi connectivity index (χ1v) is 11.2. The molecular weight excluding hydrogens is 465 g/mol. The number of halogens is 3. The summed E-state index contributed by atoms with van der Waals surface area (Å²) in [4.78, 5) is 27.5. The maximum Gasteiger partial charge on any atom is 0.416 e. The van der Waals surface area contributed by atoms with Crippen LogP contribution < -0.4 is 10.1 Å². The molecule has 0 unspecified atom stereocenters. The Morgan fingerprint density at radius 3 is 2.38 bits per heavy atom. The van der Waals surface area contributed by atoms with Crippen molar-refractivity contribution in [1.82, 2.24) is 4.90 Å². The molecule has 5 nitrogen and oxygen atoms in total. The quantitative estimate of drug-likeness (QED) is 0.412. The molecule has 34 heavy (non-hydrogen) atoms. The Kier molecular flexibility index (Phi) is 8.22. The summed E-state index contributed by atoms with van der Waals surface area (Å²) in [5.74, 6) is 0.178. The topological polar surface area (TPSA) is 58.6 Å². The van der Waals surface area contributed by atoms with E-state index in [0.29, 0.717) is 27.5 Å². The maximum atomic E-state index is 13.0. The molecule has 2 amide bonds. The molecule has 9 heteroatoms. The van der Waals surface area contributed by atoms with Crippen LogP contribution in [0.1, 0.15) is 21.5 Å². The number of methoxy groups -OCH3 is 1. The Hall–Kier alpha value is -3.46. The summed E-state index contributed by atoms with van der Waals surface area (Å²) in [5, 5.41) is 2.79. The number of rotatable bonds is 8. The average molecular weight is 489 g/mol. The maximum absolute atomic E-state index is 13.0. The number of nitrogens with zero attached hydrogens (tertiary/aromatic N) is 1. The molecule has 0 saturated carbocycles. The lowest BCUT2D eigenvalue weighted by molar-refractivity contribution is -0.137. The van der Waals surface area contributed by atoms with Gasteiger partial charge in [0, 0.05) is 30.2 Å². The van der Waals surface area contributed by atoms with E-state index in [9.17, 15) is 22.8 Å². The highest BCUT2D eigenvalue weighted by atomic mass is 32.2. The molecule has 3 aromatic carbocycles. The van der Waals surface area contributed by atoms with Crippen molar-refractivity contribution in [3.63, 3.8) is 0 Å². The van der Waals surface area contributed by atoms with Crippen LogP contribution in [0.25, 0.3) is 0 Å². The molecule has 0 aliphatic rings. The molecule has 0 aromatic heterocycles. The molecule has 0 atom stereocenters. The molecule has 0 aliphatic carbocycles. The van der Waals surface area contributed by atoms with E-state index >= 15 is 0 Å². The van der Waals surface area contributed by atoms with Crippen molar-refractivity contribution < 1.29 is 27.5 Å². The highest BCUT2D eigenvalue weighted by Crippen LogP contribution is 2.29. The fourth-order valence-electron chi connectivity index (χ4n) is 3.16. The lowest BCUT2D eigenvalue weighted by atomic mass is 10.1. The fraction of sp³-hybridized carbons (Fsp3) is 0.200. The van der Waals surface area contributed by atoms with E-state index < -0.39 is 11.7 Å². The monoisotopic (exact) mass is 488 g/mol. The predicted molar refractivity (Wildman–Crippen MR) is 126 cm³/mol. The van der Waals surface area contributed by atoms with E-state index in [4.69, 9.17) is 4.74 Å². The van der Waals surface area contributed by atoms with Crippen LogP contribution in [0.2, 0.25) is 0 Å². The molecule has 3 rings (SSSR count). The van der Waals surface area contributed by atoms with Gasteiger partial charge in [0.25, 0.3) is 5.91 Å². The molecule has 0 saturated heterocycles. The Morgan fingerprint density at radius 2 is 1.71 bits per heavy atom. The van der Waals surface area contributed by atoms with Gasteiger partial charge in [-0.2, -0.15) is 13.2 Å². The van der Waals surface area contributed by atoms with Gasteiger partial charge in [-0.15, -0.1) is 11.8 Å². The number of alkyl halides is 3. The van der Waals surface area contributed by atoms with Gasteiger partial charge >= 0.3 is 6.18 Å². The normalized spacial score (nSPS) is 11.1. The van der Waals surface area contributed by atoms with E-state index in [1.807, 2.05) is 0 Å². The van der Waals surface area contributed by atoms with Crippen molar-refractivity contribution in [3.05, 3.63) is 89.5 Å². The first-order valence-electron chi connectivity index (χ1n) is 10.2. The summed E-state index contributed by atoms with van der Waals surface area (Å²) in [6.45, 7) is 0.145. The lowest BCUT2D eigenvalue weighted by Gasteiger charge is -2.19. The molecule has 0 spiro atoms. The van der Waals surface area contributed by atoms with Gasteiger partial charge in [-0.3, -0.25) is 9.59 Å².